The molecule has 0 fully saturated rings. The van der Waals surface area contributed by atoms with Crippen molar-refractivity contribution in [3.8, 4) is 0 Å². The molecule has 0 spiro atoms. The van der Waals surface area contributed by atoms with Gasteiger partial charge in [-0.2, -0.15) is 0 Å². The zero-order chi connectivity index (χ0) is 4.99. The van der Waals surface area contributed by atoms with Gasteiger partial charge in [0.2, 0.25) is 0 Å². The molecule has 0 aliphatic carbocycles. The van der Waals surface area contributed by atoms with Gasteiger partial charge in [-0.05, 0) is 19.7 Å². The average Bonchev–Trinajstić information content (AvgIpc) is 1.65. The predicted octanol–water partition coefficient (Wildman–Crippen LogP) is 0.507. The summed E-state index contributed by atoms with van der Waals surface area (Å²) in [5.74, 6) is 0.481. The molecule has 2 N–H and O–H groups in total. The van der Waals surface area contributed by atoms with E-state index >= 15 is 0 Å². The minimum Gasteiger partial charge on any atom is -0.384 e. The van der Waals surface area contributed by atoms with Gasteiger partial charge in [-0.1, -0.05) is 0 Å². The number of hydrogen-bond donors (Lipinski definition) is 1. The Balaban J connectivity index is 3.50. The van der Waals surface area contributed by atoms with Crippen LogP contribution in [0.5, 0.6) is 0 Å². The van der Waals surface area contributed by atoms with E-state index in [0.29, 0.717) is 5.82 Å². The summed E-state index contributed by atoms with van der Waals surface area (Å²) < 4.78 is 0. The van der Waals surface area contributed by atoms with E-state index in [2.05, 4.69) is 11.7 Å². The number of rotatable bonds is 1. The van der Waals surface area contributed by atoms with Crippen molar-refractivity contribution in [2.45, 2.75) is 6.92 Å². The number of nitrogens with two attached hydrogens (primary N) is 1. The van der Waals surface area contributed by atoms with Gasteiger partial charge in [-0.3, -0.25) is 0 Å². The maximum atomic E-state index is 5.10. The molecule has 0 saturated carbocycles. The Hall–Kier alpha value is -0.790. The fourth-order valence-corrected chi connectivity index (χ4v) is 0.0913. The minimum atomic E-state index is 0.481. The van der Waals surface area contributed by atoms with Crippen LogP contribution >= 0.6 is 0 Å². The van der Waals surface area contributed by atoms with E-state index < -0.39 is 0 Å². The molecule has 0 saturated heterocycles. The van der Waals surface area contributed by atoms with Crippen LogP contribution in [0.3, 0.4) is 0 Å². The zero-order valence-electron chi connectivity index (χ0n) is 3.81. The van der Waals surface area contributed by atoms with E-state index in [1.807, 2.05) is 6.92 Å². The van der Waals surface area contributed by atoms with Gasteiger partial charge in [-0.15, -0.1) is 0 Å². The van der Waals surface area contributed by atoms with Gasteiger partial charge in [0.25, 0.3) is 0 Å². The van der Waals surface area contributed by atoms with Crippen LogP contribution in [0.2, 0.25) is 0 Å². The maximum absolute atomic E-state index is 5.10. The first-order valence-electron chi connectivity index (χ1n) is 1.69. The molecule has 0 heterocycles. The highest BCUT2D eigenvalue weighted by molar-refractivity contribution is 5.27. The third kappa shape index (κ3) is 1.52. The third-order valence-corrected chi connectivity index (χ3v) is 0.478. The standard InChI is InChI=1S/C4H8N2/c1-3-4(5)6-2/h3H,2,5H2,1H3/b4-3+. The molecule has 0 aromatic heterocycles. The van der Waals surface area contributed by atoms with Crippen LogP contribution in [-0.4, -0.2) is 6.72 Å². The van der Waals surface area contributed by atoms with Crippen molar-refractivity contribution < 1.29 is 0 Å². The normalized spacial score (nSPS) is 11.2. The quantitative estimate of drug-likeness (QED) is 0.462. The number of nitrogens with zero attached hydrogens (tertiary/aromatic N) is 1. The minimum absolute atomic E-state index is 0.481. The Labute approximate surface area is 37.4 Å². The van der Waals surface area contributed by atoms with Crippen molar-refractivity contribution in [2.24, 2.45) is 10.7 Å². The zero-order valence-corrected chi connectivity index (χ0v) is 3.81. The first kappa shape index (κ1) is 5.21. The molecule has 0 bridgehead atoms. The molecule has 2 heteroatoms. The van der Waals surface area contributed by atoms with Gasteiger partial charge in [0.15, 0.2) is 0 Å². The topological polar surface area (TPSA) is 38.4 Å². The van der Waals surface area contributed by atoms with Crippen LogP contribution in [0.25, 0.3) is 0 Å². The van der Waals surface area contributed by atoms with Gasteiger partial charge < -0.3 is 5.73 Å². The average molecular weight is 84.1 g/mol. The highest BCUT2D eigenvalue weighted by atomic mass is 14.9. The molecule has 0 aromatic rings. The largest absolute Gasteiger partial charge is 0.384 e. The summed E-state index contributed by atoms with van der Waals surface area (Å²) in [7, 11) is 0. The van der Waals surface area contributed by atoms with Crippen molar-refractivity contribution in [1.29, 1.82) is 0 Å². The smallest absolute Gasteiger partial charge is 0.118 e. The molecule has 0 aromatic carbocycles. The van der Waals surface area contributed by atoms with E-state index in [1.165, 1.54) is 0 Å². The Morgan fingerprint density at radius 3 is 2.50 bits per heavy atom. The Bertz CT molecular complexity index is 73.6. The molecule has 0 aliphatic heterocycles. The number of hydrogen-bond acceptors (Lipinski definition) is 2. The summed E-state index contributed by atoms with van der Waals surface area (Å²) in [6.07, 6.45) is 1.69. The highest BCUT2D eigenvalue weighted by Crippen LogP contribution is 1.77. The van der Waals surface area contributed by atoms with Crippen molar-refractivity contribution in [3.05, 3.63) is 11.9 Å². The Morgan fingerprint density at radius 1 is 2.00 bits per heavy atom. The van der Waals surface area contributed by atoms with E-state index in [1.54, 1.807) is 6.08 Å². The molecular formula is C4H8N2. The lowest BCUT2D eigenvalue weighted by atomic mass is 10.6. The summed E-state index contributed by atoms with van der Waals surface area (Å²) in [5.41, 5.74) is 5.10. The number of aliphatic imine (C=N–C) groups is 1. The Morgan fingerprint density at radius 2 is 2.50 bits per heavy atom. The molecule has 0 amide bonds. The van der Waals surface area contributed by atoms with Crippen molar-refractivity contribution in [1.82, 2.24) is 0 Å². The summed E-state index contributed by atoms with van der Waals surface area (Å²) >= 11 is 0. The Kier molecular flexibility index (Phi) is 2.13. The lowest BCUT2D eigenvalue weighted by molar-refractivity contribution is 1.24. The van der Waals surface area contributed by atoms with E-state index in [9.17, 15) is 0 Å². The van der Waals surface area contributed by atoms with Crippen LogP contribution in [0, 0.1) is 0 Å². The van der Waals surface area contributed by atoms with E-state index in [-0.39, 0.29) is 0 Å². The lowest BCUT2D eigenvalue weighted by Crippen LogP contribution is -1.89. The van der Waals surface area contributed by atoms with Crippen LogP contribution < -0.4 is 5.73 Å². The summed E-state index contributed by atoms with van der Waals surface area (Å²) in [6, 6.07) is 0. The first-order chi connectivity index (χ1) is 2.81. The van der Waals surface area contributed by atoms with E-state index in [0.717, 1.165) is 0 Å². The highest BCUT2D eigenvalue weighted by Gasteiger charge is 1.67. The SMILES string of the molecule is C=N/C(N)=C/C. The lowest BCUT2D eigenvalue weighted by Gasteiger charge is -1.80. The van der Waals surface area contributed by atoms with Gasteiger partial charge in [0.05, 0.1) is 0 Å². The summed E-state index contributed by atoms with van der Waals surface area (Å²) in [6.45, 7) is 5.00. The molecule has 0 rings (SSSR count). The summed E-state index contributed by atoms with van der Waals surface area (Å²) in [4.78, 5) is 3.40. The maximum Gasteiger partial charge on any atom is 0.118 e. The van der Waals surface area contributed by atoms with Crippen LogP contribution in [0.4, 0.5) is 0 Å². The number of allylic oxidation sites excluding steroid dienone is 1. The van der Waals surface area contributed by atoms with Gasteiger partial charge in [0.1, 0.15) is 5.82 Å². The fraction of sp³-hybridized carbons (Fsp3) is 0.250. The summed E-state index contributed by atoms with van der Waals surface area (Å²) in [5, 5.41) is 0. The van der Waals surface area contributed by atoms with Gasteiger partial charge in [0, 0.05) is 0 Å². The molecule has 6 heavy (non-hydrogen) atoms. The fourth-order valence-electron chi connectivity index (χ4n) is 0.0913. The second-order valence-electron chi connectivity index (χ2n) is 0.872. The van der Waals surface area contributed by atoms with Crippen LogP contribution in [-0.2, 0) is 0 Å². The molecule has 2 nitrogen and oxygen atoms in total. The van der Waals surface area contributed by atoms with Crippen LogP contribution in [0.15, 0.2) is 16.9 Å². The van der Waals surface area contributed by atoms with Crippen molar-refractivity contribution in [3.63, 3.8) is 0 Å². The molecule has 0 atom stereocenters. The first-order valence-corrected chi connectivity index (χ1v) is 1.69. The second-order valence-corrected chi connectivity index (χ2v) is 0.872. The van der Waals surface area contributed by atoms with Crippen LogP contribution in [0.1, 0.15) is 6.92 Å². The monoisotopic (exact) mass is 84.1 g/mol. The van der Waals surface area contributed by atoms with E-state index in [4.69, 9.17) is 5.73 Å². The molecule has 0 aliphatic rings. The molecule has 0 unspecified atom stereocenters. The molecular weight excluding hydrogens is 76.1 g/mol. The van der Waals surface area contributed by atoms with Crippen molar-refractivity contribution in [2.75, 3.05) is 0 Å². The molecule has 0 radical (unpaired) electrons. The third-order valence-electron chi connectivity index (χ3n) is 0.478. The van der Waals surface area contributed by atoms with Crippen molar-refractivity contribution >= 4 is 6.72 Å². The van der Waals surface area contributed by atoms with Gasteiger partial charge in [-0.25, -0.2) is 4.99 Å². The van der Waals surface area contributed by atoms with Gasteiger partial charge >= 0.3 is 0 Å². The molecule has 34 valence electrons. The predicted molar refractivity (Wildman–Crippen MR) is 27.5 cm³/mol. The second kappa shape index (κ2) is 2.45.